The molecule has 1 unspecified atom stereocenters. The third-order valence-corrected chi connectivity index (χ3v) is 7.07. The molecule has 1 aromatic carbocycles. The number of nitrogens with one attached hydrogen (secondary N) is 3. The second-order valence-corrected chi connectivity index (χ2v) is 9.82. The van der Waals surface area contributed by atoms with Gasteiger partial charge in [0.15, 0.2) is 5.82 Å². The second-order valence-electron chi connectivity index (χ2n) is 9.82. The van der Waals surface area contributed by atoms with Gasteiger partial charge in [-0.3, -0.25) is 19.3 Å². The maximum absolute atomic E-state index is 12.5. The molecule has 2 aliphatic rings. The van der Waals surface area contributed by atoms with Crippen molar-refractivity contribution in [2.45, 2.75) is 37.8 Å². The first-order chi connectivity index (χ1) is 18.7. The van der Waals surface area contributed by atoms with E-state index in [1.165, 1.54) is 0 Å². The first-order valence-electron chi connectivity index (χ1n) is 13.0. The highest BCUT2D eigenvalue weighted by Gasteiger charge is 2.30. The van der Waals surface area contributed by atoms with E-state index in [4.69, 9.17) is 9.97 Å². The lowest BCUT2D eigenvalue weighted by atomic mass is 10.1. The van der Waals surface area contributed by atoms with Gasteiger partial charge in [-0.15, -0.1) is 0 Å². The lowest BCUT2D eigenvalue weighted by Crippen LogP contribution is -2.26. The largest absolute Gasteiger partial charge is 0.348 e. The molecule has 1 aliphatic carbocycles. The van der Waals surface area contributed by atoms with Crippen molar-refractivity contribution in [3.63, 3.8) is 0 Å². The van der Waals surface area contributed by atoms with Gasteiger partial charge in [-0.2, -0.15) is 15.1 Å². The van der Waals surface area contributed by atoms with E-state index in [1.54, 1.807) is 6.07 Å². The van der Waals surface area contributed by atoms with E-state index in [0.717, 1.165) is 54.7 Å². The molecule has 5 aromatic rings. The predicted molar refractivity (Wildman–Crippen MR) is 144 cm³/mol. The fourth-order valence-electron chi connectivity index (χ4n) is 4.98. The van der Waals surface area contributed by atoms with Gasteiger partial charge in [-0.25, -0.2) is 0 Å². The number of pyridine rings is 1. The lowest BCUT2D eigenvalue weighted by molar-refractivity contribution is 0.0946. The molecule has 1 amide bonds. The summed E-state index contributed by atoms with van der Waals surface area (Å²) in [5, 5.41) is 13.5. The zero-order valence-corrected chi connectivity index (χ0v) is 20.7. The Hall–Kier alpha value is -4.73. The van der Waals surface area contributed by atoms with Crippen LogP contribution in [0.3, 0.4) is 0 Å². The number of aromatic amines is 1. The number of hydrogen-bond donors (Lipinski definition) is 3. The van der Waals surface area contributed by atoms with Crippen molar-refractivity contribution in [1.82, 2.24) is 34.9 Å². The van der Waals surface area contributed by atoms with Gasteiger partial charge in [0.05, 0.1) is 11.7 Å². The summed E-state index contributed by atoms with van der Waals surface area (Å²) in [4.78, 5) is 29.2. The van der Waals surface area contributed by atoms with E-state index in [9.17, 15) is 4.79 Å². The van der Waals surface area contributed by atoms with E-state index in [-0.39, 0.29) is 18.0 Å². The second kappa shape index (κ2) is 9.29. The lowest BCUT2D eigenvalue weighted by Gasteiger charge is -2.24. The third kappa shape index (κ3) is 4.34. The Balaban J connectivity index is 1.27. The molecule has 4 aromatic heterocycles. The molecule has 1 aliphatic heterocycles. The van der Waals surface area contributed by atoms with Crippen LogP contribution in [0.15, 0.2) is 73.1 Å². The molecule has 38 heavy (non-hydrogen) atoms. The van der Waals surface area contributed by atoms with Crippen LogP contribution in [0.25, 0.3) is 16.8 Å². The normalized spacial score (nSPS) is 17.2. The molecular weight excluding hydrogens is 478 g/mol. The number of amides is 1. The van der Waals surface area contributed by atoms with Crippen molar-refractivity contribution in [2.24, 2.45) is 0 Å². The molecular formula is C28H27N9O. The smallest absolute Gasteiger partial charge is 0.269 e. The van der Waals surface area contributed by atoms with Crippen LogP contribution in [0, 0.1) is 0 Å². The Kier molecular flexibility index (Phi) is 5.49. The number of rotatable bonds is 7. The molecule has 0 spiro atoms. The number of aromatic nitrogens is 6. The number of carbonyl (C=O) groups excluding carboxylic acids is 1. The summed E-state index contributed by atoms with van der Waals surface area (Å²) in [5.41, 5.74) is 4.33. The van der Waals surface area contributed by atoms with Crippen molar-refractivity contribution in [3.05, 3.63) is 84.4 Å². The minimum absolute atomic E-state index is 0.109. The Bertz CT molecular complexity index is 1590. The summed E-state index contributed by atoms with van der Waals surface area (Å²) in [6.07, 6.45) is 7.93. The number of anilines is 3. The van der Waals surface area contributed by atoms with Gasteiger partial charge >= 0.3 is 0 Å². The van der Waals surface area contributed by atoms with Crippen molar-refractivity contribution < 1.29 is 4.79 Å². The van der Waals surface area contributed by atoms with Gasteiger partial charge < -0.3 is 15.5 Å². The standard InChI is InChI=1S/C28H27N9O/c38-26(30-20-11-12-20)22-16-24(35-34-22)31-27-33-28(36-14-6-10-23(36)21-9-4-5-13-29-21)32-25-15-19(17-37(25)27)18-7-2-1-3-8-18/h1-5,7-9,13,15-17,20,23H,6,10-12,14H2,(H,30,38)(H2,31,32,33,34,35). The van der Waals surface area contributed by atoms with Gasteiger partial charge in [0.2, 0.25) is 11.9 Å². The summed E-state index contributed by atoms with van der Waals surface area (Å²) in [6.45, 7) is 0.844. The molecule has 3 N–H and O–H groups in total. The highest BCUT2D eigenvalue weighted by molar-refractivity contribution is 5.93. The van der Waals surface area contributed by atoms with Gasteiger partial charge in [-0.05, 0) is 49.4 Å². The average molecular weight is 506 g/mol. The molecule has 10 heteroatoms. The SMILES string of the molecule is O=C(NC1CC1)c1cc(Nc2nc(N3CCCC3c3ccccn3)nc3cc(-c4ccccc4)cn23)n[nH]1. The van der Waals surface area contributed by atoms with E-state index in [0.29, 0.717) is 23.4 Å². The van der Waals surface area contributed by atoms with E-state index in [1.807, 2.05) is 47.1 Å². The summed E-state index contributed by atoms with van der Waals surface area (Å²) in [7, 11) is 0. The molecule has 0 bridgehead atoms. The van der Waals surface area contributed by atoms with E-state index in [2.05, 4.69) is 55.0 Å². The fourth-order valence-corrected chi connectivity index (χ4v) is 4.98. The number of H-pyrrole nitrogens is 1. The number of carbonyl (C=O) groups is 1. The van der Waals surface area contributed by atoms with Crippen LogP contribution in [0.5, 0.6) is 0 Å². The van der Waals surface area contributed by atoms with Crippen LogP contribution < -0.4 is 15.5 Å². The first kappa shape index (κ1) is 22.5. The molecule has 1 saturated heterocycles. The van der Waals surface area contributed by atoms with Crippen LogP contribution in [-0.2, 0) is 0 Å². The summed E-state index contributed by atoms with van der Waals surface area (Å²) < 4.78 is 1.93. The molecule has 190 valence electrons. The summed E-state index contributed by atoms with van der Waals surface area (Å²) >= 11 is 0. The zero-order chi connectivity index (χ0) is 25.5. The van der Waals surface area contributed by atoms with Crippen LogP contribution in [0.2, 0.25) is 0 Å². The Labute approximate surface area is 219 Å². The predicted octanol–water partition coefficient (Wildman–Crippen LogP) is 4.49. The molecule has 7 rings (SSSR count). The molecule has 2 fully saturated rings. The number of fused-ring (bicyclic) bond motifs is 1. The number of benzene rings is 1. The van der Waals surface area contributed by atoms with Crippen LogP contribution >= 0.6 is 0 Å². The Morgan fingerprint density at radius 2 is 1.84 bits per heavy atom. The van der Waals surface area contributed by atoms with Crippen molar-refractivity contribution >= 4 is 29.3 Å². The minimum atomic E-state index is -0.149. The van der Waals surface area contributed by atoms with E-state index >= 15 is 0 Å². The van der Waals surface area contributed by atoms with Gasteiger partial charge in [-0.1, -0.05) is 36.4 Å². The number of nitrogens with zero attached hydrogens (tertiary/aromatic N) is 6. The molecule has 10 nitrogen and oxygen atoms in total. The van der Waals surface area contributed by atoms with Gasteiger partial charge in [0, 0.05) is 36.6 Å². The molecule has 5 heterocycles. The summed E-state index contributed by atoms with van der Waals surface area (Å²) in [6, 6.07) is 20.4. The topological polar surface area (TPSA) is 116 Å². The first-order valence-corrected chi connectivity index (χ1v) is 13.0. The fraction of sp³-hybridized carbons (Fsp3) is 0.250. The van der Waals surface area contributed by atoms with Crippen LogP contribution in [0.1, 0.15) is 47.9 Å². The van der Waals surface area contributed by atoms with Crippen LogP contribution in [-0.4, -0.2) is 48.0 Å². The summed E-state index contributed by atoms with van der Waals surface area (Å²) in [5.74, 6) is 1.56. The van der Waals surface area contributed by atoms with Crippen molar-refractivity contribution in [1.29, 1.82) is 0 Å². The van der Waals surface area contributed by atoms with Crippen LogP contribution in [0.4, 0.5) is 17.7 Å². The van der Waals surface area contributed by atoms with Gasteiger partial charge in [0.25, 0.3) is 5.91 Å². The zero-order valence-electron chi connectivity index (χ0n) is 20.7. The van der Waals surface area contributed by atoms with Crippen molar-refractivity contribution in [2.75, 3.05) is 16.8 Å². The van der Waals surface area contributed by atoms with Crippen molar-refractivity contribution in [3.8, 4) is 11.1 Å². The highest BCUT2D eigenvalue weighted by atomic mass is 16.2. The molecule has 1 saturated carbocycles. The molecule has 0 radical (unpaired) electrons. The Morgan fingerprint density at radius 1 is 0.974 bits per heavy atom. The molecule has 1 atom stereocenters. The monoisotopic (exact) mass is 505 g/mol. The average Bonchev–Trinajstić information content (AvgIpc) is 3.34. The van der Waals surface area contributed by atoms with E-state index < -0.39 is 0 Å². The maximum atomic E-state index is 12.5. The number of hydrogen-bond acceptors (Lipinski definition) is 7. The van der Waals surface area contributed by atoms with Gasteiger partial charge in [0.1, 0.15) is 11.3 Å². The quantitative estimate of drug-likeness (QED) is 0.298. The maximum Gasteiger partial charge on any atom is 0.269 e. The minimum Gasteiger partial charge on any atom is -0.348 e. The Morgan fingerprint density at radius 3 is 2.66 bits per heavy atom. The third-order valence-electron chi connectivity index (χ3n) is 7.07. The highest BCUT2D eigenvalue weighted by Crippen LogP contribution is 2.35.